The summed E-state index contributed by atoms with van der Waals surface area (Å²) in [6.07, 6.45) is 2.45. The van der Waals surface area contributed by atoms with E-state index in [1.54, 1.807) is 0 Å². The van der Waals surface area contributed by atoms with Crippen LogP contribution in [0.5, 0.6) is 0 Å². The van der Waals surface area contributed by atoms with Crippen LogP contribution in [0.3, 0.4) is 0 Å². The molecule has 1 rings (SSSR count). The molecule has 0 fully saturated rings. The predicted molar refractivity (Wildman–Crippen MR) is 76.8 cm³/mol. The number of hydrogen-bond acceptors (Lipinski definition) is 1. The van der Waals surface area contributed by atoms with Gasteiger partial charge in [-0.05, 0) is 36.4 Å². The van der Waals surface area contributed by atoms with Crippen LogP contribution in [0.1, 0.15) is 45.1 Å². The van der Waals surface area contributed by atoms with Crippen molar-refractivity contribution < 1.29 is 0 Å². The van der Waals surface area contributed by atoms with E-state index in [1.165, 1.54) is 18.4 Å². The normalized spacial score (nSPS) is 13.0. The van der Waals surface area contributed by atoms with Crippen molar-refractivity contribution in [3.05, 3.63) is 34.9 Å². The maximum absolute atomic E-state index is 6.29. The van der Waals surface area contributed by atoms with E-state index in [9.17, 15) is 0 Å². The van der Waals surface area contributed by atoms with Gasteiger partial charge < -0.3 is 5.32 Å². The first-order chi connectivity index (χ1) is 8.15. The lowest BCUT2D eigenvalue weighted by molar-refractivity contribution is 0.480. The van der Waals surface area contributed by atoms with Crippen LogP contribution in [0.4, 0.5) is 0 Å². The van der Waals surface area contributed by atoms with Crippen LogP contribution in [0, 0.1) is 5.92 Å². The summed E-state index contributed by atoms with van der Waals surface area (Å²) >= 11 is 6.29. The second-order valence-electron chi connectivity index (χ2n) is 5.00. The Hall–Kier alpha value is -0.530. The number of likely N-dealkylation sites (N-methyl/N-ethyl adjacent to an activating group) is 1. The van der Waals surface area contributed by atoms with Gasteiger partial charge in [-0.1, -0.05) is 57.0 Å². The van der Waals surface area contributed by atoms with Crippen LogP contribution in [0.25, 0.3) is 0 Å². The third kappa shape index (κ3) is 5.10. The van der Waals surface area contributed by atoms with Crippen LogP contribution in [0.15, 0.2) is 24.3 Å². The summed E-state index contributed by atoms with van der Waals surface area (Å²) in [4.78, 5) is 0. The highest BCUT2D eigenvalue weighted by Gasteiger charge is 2.14. The van der Waals surface area contributed by atoms with Crippen LogP contribution >= 0.6 is 11.6 Å². The fraction of sp³-hybridized carbons (Fsp3) is 0.600. The van der Waals surface area contributed by atoms with Gasteiger partial charge in [0, 0.05) is 11.6 Å². The summed E-state index contributed by atoms with van der Waals surface area (Å²) in [5, 5.41) is 4.34. The summed E-state index contributed by atoms with van der Waals surface area (Å²) in [6.45, 7) is 8.73. The molecule has 0 spiro atoms. The van der Waals surface area contributed by atoms with E-state index >= 15 is 0 Å². The van der Waals surface area contributed by atoms with Crippen molar-refractivity contribution in [2.45, 2.75) is 39.5 Å². The molecule has 0 aliphatic carbocycles. The lowest BCUT2D eigenvalue weighted by Gasteiger charge is -2.20. The van der Waals surface area contributed by atoms with Gasteiger partial charge in [-0.15, -0.1) is 0 Å². The van der Waals surface area contributed by atoms with Crippen molar-refractivity contribution in [3.8, 4) is 0 Å². The Balaban J connectivity index is 2.71. The summed E-state index contributed by atoms with van der Waals surface area (Å²) in [5.74, 6) is 1.28. The largest absolute Gasteiger partial charge is 0.316 e. The van der Waals surface area contributed by atoms with Gasteiger partial charge in [0.2, 0.25) is 0 Å². The Bertz CT molecular complexity index is 322. The van der Waals surface area contributed by atoms with Crippen molar-refractivity contribution >= 4 is 11.6 Å². The SMILES string of the molecule is CCNCC(CCC(C)C)c1ccccc1Cl. The molecule has 1 aromatic carbocycles. The average molecular weight is 254 g/mol. The molecule has 1 N–H and O–H groups in total. The molecule has 0 heterocycles. The molecule has 0 bridgehead atoms. The second-order valence-corrected chi connectivity index (χ2v) is 5.40. The molecule has 0 aliphatic rings. The summed E-state index contributed by atoms with van der Waals surface area (Å²) in [7, 11) is 0. The van der Waals surface area contributed by atoms with Crippen LogP contribution in [0.2, 0.25) is 5.02 Å². The topological polar surface area (TPSA) is 12.0 Å². The third-order valence-electron chi connectivity index (χ3n) is 3.08. The first kappa shape index (κ1) is 14.5. The van der Waals surface area contributed by atoms with Crippen molar-refractivity contribution in [1.29, 1.82) is 0 Å². The Labute approximate surface area is 111 Å². The third-order valence-corrected chi connectivity index (χ3v) is 3.42. The monoisotopic (exact) mass is 253 g/mol. The summed E-state index contributed by atoms with van der Waals surface area (Å²) < 4.78 is 0. The molecule has 1 nitrogen and oxygen atoms in total. The fourth-order valence-electron chi connectivity index (χ4n) is 2.03. The molecule has 0 saturated carbocycles. The lowest BCUT2D eigenvalue weighted by atomic mass is 9.91. The zero-order chi connectivity index (χ0) is 12.7. The number of halogens is 1. The second kappa shape index (κ2) is 7.73. The van der Waals surface area contributed by atoms with E-state index in [1.807, 2.05) is 12.1 Å². The quantitative estimate of drug-likeness (QED) is 0.756. The Kier molecular flexibility index (Phi) is 6.61. The number of benzene rings is 1. The van der Waals surface area contributed by atoms with E-state index in [2.05, 4.69) is 38.2 Å². The van der Waals surface area contributed by atoms with Crippen molar-refractivity contribution in [2.24, 2.45) is 5.92 Å². The smallest absolute Gasteiger partial charge is 0.0441 e. The van der Waals surface area contributed by atoms with Crippen LogP contribution in [-0.4, -0.2) is 13.1 Å². The number of rotatable bonds is 7. The molecule has 1 atom stereocenters. The lowest BCUT2D eigenvalue weighted by Crippen LogP contribution is -2.21. The molecular weight excluding hydrogens is 230 g/mol. The van der Waals surface area contributed by atoms with E-state index in [0.717, 1.165) is 24.0 Å². The van der Waals surface area contributed by atoms with Gasteiger partial charge in [0.15, 0.2) is 0 Å². The average Bonchev–Trinajstić information content (AvgIpc) is 2.30. The minimum Gasteiger partial charge on any atom is -0.316 e. The summed E-state index contributed by atoms with van der Waals surface area (Å²) in [5.41, 5.74) is 1.29. The predicted octanol–water partition coefficient (Wildman–Crippen LogP) is 4.47. The fourth-order valence-corrected chi connectivity index (χ4v) is 2.32. The van der Waals surface area contributed by atoms with Crippen LogP contribution in [-0.2, 0) is 0 Å². The molecular formula is C15H24ClN. The maximum Gasteiger partial charge on any atom is 0.0441 e. The highest BCUT2D eigenvalue weighted by Crippen LogP contribution is 2.28. The molecule has 96 valence electrons. The molecule has 2 heteroatoms. The van der Waals surface area contributed by atoms with Gasteiger partial charge in [0.05, 0.1) is 0 Å². The first-order valence-electron chi connectivity index (χ1n) is 6.60. The molecule has 0 radical (unpaired) electrons. The van der Waals surface area contributed by atoms with Crippen molar-refractivity contribution in [3.63, 3.8) is 0 Å². The van der Waals surface area contributed by atoms with E-state index < -0.39 is 0 Å². The highest BCUT2D eigenvalue weighted by molar-refractivity contribution is 6.31. The Morgan fingerprint density at radius 2 is 1.88 bits per heavy atom. The van der Waals surface area contributed by atoms with Gasteiger partial charge in [0.1, 0.15) is 0 Å². The molecule has 0 aromatic heterocycles. The van der Waals surface area contributed by atoms with E-state index in [0.29, 0.717) is 5.92 Å². The maximum atomic E-state index is 6.29. The number of nitrogens with one attached hydrogen (secondary N) is 1. The van der Waals surface area contributed by atoms with E-state index in [-0.39, 0.29) is 0 Å². The van der Waals surface area contributed by atoms with E-state index in [4.69, 9.17) is 11.6 Å². The van der Waals surface area contributed by atoms with Gasteiger partial charge >= 0.3 is 0 Å². The Morgan fingerprint density at radius 3 is 2.47 bits per heavy atom. The van der Waals surface area contributed by atoms with Gasteiger partial charge in [-0.2, -0.15) is 0 Å². The molecule has 17 heavy (non-hydrogen) atoms. The summed E-state index contributed by atoms with van der Waals surface area (Å²) in [6, 6.07) is 8.23. The minimum absolute atomic E-state index is 0.533. The zero-order valence-corrected chi connectivity index (χ0v) is 11.9. The molecule has 1 aromatic rings. The molecule has 1 unspecified atom stereocenters. The Morgan fingerprint density at radius 1 is 1.18 bits per heavy atom. The van der Waals surface area contributed by atoms with Crippen molar-refractivity contribution in [1.82, 2.24) is 5.32 Å². The molecule has 0 saturated heterocycles. The highest BCUT2D eigenvalue weighted by atomic mass is 35.5. The zero-order valence-electron chi connectivity index (χ0n) is 11.2. The van der Waals surface area contributed by atoms with Crippen molar-refractivity contribution in [2.75, 3.05) is 13.1 Å². The number of hydrogen-bond donors (Lipinski definition) is 1. The standard InChI is InChI=1S/C15H24ClN/c1-4-17-11-13(10-9-12(2)3)14-7-5-6-8-15(14)16/h5-8,12-13,17H,4,9-11H2,1-3H3. The van der Waals surface area contributed by atoms with Gasteiger partial charge in [0.25, 0.3) is 0 Å². The van der Waals surface area contributed by atoms with Gasteiger partial charge in [-0.3, -0.25) is 0 Å². The first-order valence-corrected chi connectivity index (χ1v) is 6.98. The molecule has 0 aliphatic heterocycles. The minimum atomic E-state index is 0.533. The van der Waals surface area contributed by atoms with Gasteiger partial charge in [-0.25, -0.2) is 0 Å². The molecule has 0 amide bonds. The van der Waals surface area contributed by atoms with Crippen LogP contribution < -0.4 is 5.32 Å².